The van der Waals surface area contributed by atoms with Crippen LogP contribution in [-0.4, -0.2) is 69.0 Å². The number of aliphatic imine (C=N–C) groups is 1. The van der Waals surface area contributed by atoms with Gasteiger partial charge in [0.1, 0.15) is 0 Å². The van der Waals surface area contributed by atoms with Crippen LogP contribution in [0.2, 0.25) is 0 Å². The quantitative estimate of drug-likeness (QED) is 0.166. The number of amides is 1. The topological polar surface area (TPSA) is 75.2 Å². The van der Waals surface area contributed by atoms with Crippen LogP contribution in [0.3, 0.4) is 0 Å². The van der Waals surface area contributed by atoms with Crippen molar-refractivity contribution in [3.05, 3.63) is 0 Å². The van der Waals surface area contributed by atoms with E-state index in [1.807, 2.05) is 0 Å². The molecule has 1 saturated carbocycles. The Morgan fingerprint density at radius 2 is 1.76 bits per heavy atom. The van der Waals surface area contributed by atoms with E-state index in [0.717, 1.165) is 64.4 Å². The maximum atomic E-state index is 11.6. The number of carbonyl (C=O) groups excluding carboxylic acids is 1. The summed E-state index contributed by atoms with van der Waals surface area (Å²) in [5, 5.41) is 6.84. The van der Waals surface area contributed by atoms with Crippen molar-refractivity contribution < 1.29 is 14.3 Å². The fourth-order valence-electron chi connectivity index (χ4n) is 3.91. The summed E-state index contributed by atoms with van der Waals surface area (Å²) < 4.78 is 10.9. The number of halogens is 1. The summed E-state index contributed by atoms with van der Waals surface area (Å²) in [5.41, 5.74) is 0. The van der Waals surface area contributed by atoms with Crippen molar-refractivity contribution >= 4 is 36.0 Å². The second-order valence-corrected chi connectivity index (χ2v) is 7.83. The Morgan fingerprint density at radius 1 is 1.07 bits per heavy atom. The summed E-state index contributed by atoms with van der Waals surface area (Å²) in [6, 6.07) is 0.345. The van der Waals surface area contributed by atoms with Crippen LogP contribution in [-0.2, 0) is 9.47 Å². The SMILES string of the molecule is CCNC(=NCCCCOC1CCCCCC1)NC1CCN(C(=O)OC)CC1.I. The number of likely N-dealkylation sites (tertiary alicyclic amines) is 1. The van der Waals surface area contributed by atoms with E-state index in [4.69, 9.17) is 14.5 Å². The van der Waals surface area contributed by atoms with Crippen molar-refractivity contribution in [2.45, 2.75) is 83.3 Å². The summed E-state index contributed by atoms with van der Waals surface area (Å²) in [6.07, 6.45) is 12.1. The van der Waals surface area contributed by atoms with Crippen LogP contribution in [0.25, 0.3) is 0 Å². The zero-order valence-electron chi connectivity index (χ0n) is 18.3. The molecule has 1 heterocycles. The van der Waals surface area contributed by atoms with E-state index in [1.165, 1.54) is 45.6 Å². The molecule has 2 N–H and O–H groups in total. The van der Waals surface area contributed by atoms with Crippen LogP contribution in [0.15, 0.2) is 4.99 Å². The van der Waals surface area contributed by atoms with Crippen LogP contribution in [0.5, 0.6) is 0 Å². The van der Waals surface area contributed by atoms with Crippen molar-refractivity contribution in [1.29, 1.82) is 0 Å². The van der Waals surface area contributed by atoms with Gasteiger partial charge < -0.3 is 25.0 Å². The lowest BCUT2D eigenvalue weighted by Gasteiger charge is -2.32. The number of carbonyl (C=O) groups is 1. The van der Waals surface area contributed by atoms with E-state index in [-0.39, 0.29) is 30.1 Å². The fraction of sp³-hybridized carbons (Fsp3) is 0.905. The Labute approximate surface area is 193 Å². The van der Waals surface area contributed by atoms with E-state index in [0.29, 0.717) is 12.1 Å². The van der Waals surface area contributed by atoms with E-state index in [9.17, 15) is 4.79 Å². The van der Waals surface area contributed by atoms with Crippen molar-refractivity contribution in [1.82, 2.24) is 15.5 Å². The normalized spacial score (nSPS) is 19.2. The lowest BCUT2D eigenvalue weighted by molar-refractivity contribution is 0.0412. The third-order valence-corrected chi connectivity index (χ3v) is 5.59. The molecular formula is C21H41IN4O3. The molecule has 0 spiro atoms. The van der Waals surface area contributed by atoms with Gasteiger partial charge in [-0.1, -0.05) is 25.7 Å². The number of piperidine rings is 1. The average molecular weight is 524 g/mol. The number of unbranched alkanes of at least 4 members (excludes halogenated alkanes) is 1. The first-order valence-corrected chi connectivity index (χ1v) is 11.2. The Kier molecular flexibility index (Phi) is 14.5. The van der Waals surface area contributed by atoms with Gasteiger partial charge in [-0.05, 0) is 45.4 Å². The lowest BCUT2D eigenvalue weighted by atomic mass is 10.1. The maximum absolute atomic E-state index is 11.6. The Morgan fingerprint density at radius 3 is 2.38 bits per heavy atom. The maximum Gasteiger partial charge on any atom is 0.409 e. The Balaban J connectivity index is 0.00000420. The van der Waals surface area contributed by atoms with Gasteiger partial charge in [-0.25, -0.2) is 4.79 Å². The summed E-state index contributed by atoms with van der Waals surface area (Å²) in [4.78, 5) is 18.1. The molecule has 0 aromatic rings. The number of guanidine groups is 1. The second-order valence-electron chi connectivity index (χ2n) is 7.83. The molecule has 29 heavy (non-hydrogen) atoms. The zero-order valence-corrected chi connectivity index (χ0v) is 20.6. The monoisotopic (exact) mass is 524 g/mol. The molecule has 0 radical (unpaired) electrons. The van der Waals surface area contributed by atoms with E-state index in [1.54, 1.807) is 4.90 Å². The molecular weight excluding hydrogens is 483 g/mol. The molecule has 1 amide bonds. The first-order valence-electron chi connectivity index (χ1n) is 11.2. The summed E-state index contributed by atoms with van der Waals surface area (Å²) in [7, 11) is 1.43. The smallest absolute Gasteiger partial charge is 0.409 e. The average Bonchev–Trinajstić information content (AvgIpc) is 2.99. The molecule has 7 nitrogen and oxygen atoms in total. The number of nitrogens with one attached hydrogen (secondary N) is 2. The lowest BCUT2D eigenvalue weighted by Crippen LogP contribution is -2.49. The van der Waals surface area contributed by atoms with Gasteiger partial charge in [-0.15, -0.1) is 24.0 Å². The molecule has 2 fully saturated rings. The Hall–Kier alpha value is -0.770. The molecule has 1 saturated heterocycles. The number of methoxy groups -OCH3 is 1. The van der Waals surface area contributed by atoms with Crippen molar-refractivity contribution in [3.63, 3.8) is 0 Å². The molecule has 8 heteroatoms. The van der Waals surface area contributed by atoms with Gasteiger partial charge in [0, 0.05) is 38.8 Å². The van der Waals surface area contributed by atoms with Crippen LogP contribution >= 0.6 is 24.0 Å². The van der Waals surface area contributed by atoms with E-state index >= 15 is 0 Å². The molecule has 170 valence electrons. The summed E-state index contributed by atoms with van der Waals surface area (Å²) in [6.45, 7) is 6.04. The number of hydrogen-bond acceptors (Lipinski definition) is 4. The van der Waals surface area contributed by atoms with Gasteiger partial charge in [0.25, 0.3) is 0 Å². The first-order chi connectivity index (χ1) is 13.7. The minimum atomic E-state index is -0.231. The van der Waals surface area contributed by atoms with Gasteiger partial charge in [-0.3, -0.25) is 4.99 Å². The number of rotatable bonds is 8. The van der Waals surface area contributed by atoms with Crippen molar-refractivity contribution in [2.75, 3.05) is 39.9 Å². The highest BCUT2D eigenvalue weighted by Crippen LogP contribution is 2.20. The first kappa shape index (κ1) is 26.3. The van der Waals surface area contributed by atoms with Crippen LogP contribution in [0.4, 0.5) is 4.79 Å². The van der Waals surface area contributed by atoms with Gasteiger partial charge in [-0.2, -0.15) is 0 Å². The van der Waals surface area contributed by atoms with Crippen LogP contribution < -0.4 is 10.6 Å². The minimum absolute atomic E-state index is 0. The predicted octanol–water partition coefficient (Wildman–Crippen LogP) is 3.91. The van der Waals surface area contributed by atoms with Gasteiger partial charge in [0.05, 0.1) is 13.2 Å². The largest absolute Gasteiger partial charge is 0.453 e. The molecule has 0 unspecified atom stereocenters. The fourth-order valence-corrected chi connectivity index (χ4v) is 3.91. The molecule has 1 aliphatic heterocycles. The predicted molar refractivity (Wildman–Crippen MR) is 128 cm³/mol. The third-order valence-electron chi connectivity index (χ3n) is 5.59. The van der Waals surface area contributed by atoms with Crippen LogP contribution in [0, 0.1) is 0 Å². The molecule has 0 bridgehead atoms. The van der Waals surface area contributed by atoms with Crippen molar-refractivity contribution in [3.8, 4) is 0 Å². The van der Waals surface area contributed by atoms with Crippen molar-refractivity contribution in [2.24, 2.45) is 4.99 Å². The van der Waals surface area contributed by atoms with Crippen LogP contribution in [0.1, 0.15) is 71.1 Å². The molecule has 0 atom stereocenters. The molecule has 2 rings (SSSR count). The third kappa shape index (κ3) is 10.7. The van der Waals surface area contributed by atoms with E-state index < -0.39 is 0 Å². The number of nitrogens with zero attached hydrogens (tertiary/aromatic N) is 2. The molecule has 0 aromatic carbocycles. The standard InChI is InChI=1S/C21H40N4O3.HI/c1-3-22-20(24-18-12-15-25(16-13-18)21(26)27-2)23-14-8-9-17-28-19-10-6-4-5-7-11-19;/h18-19H,3-17H2,1-2H3,(H2,22,23,24);1H. The van der Waals surface area contributed by atoms with Gasteiger partial charge in [0.15, 0.2) is 5.96 Å². The number of ether oxygens (including phenoxy) is 2. The summed E-state index contributed by atoms with van der Waals surface area (Å²) >= 11 is 0. The molecule has 2 aliphatic rings. The van der Waals surface area contributed by atoms with Gasteiger partial charge >= 0.3 is 6.09 Å². The highest BCUT2D eigenvalue weighted by Gasteiger charge is 2.23. The minimum Gasteiger partial charge on any atom is -0.453 e. The summed E-state index contributed by atoms with van der Waals surface area (Å²) in [5.74, 6) is 0.878. The molecule has 1 aliphatic carbocycles. The van der Waals surface area contributed by atoms with E-state index in [2.05, 4.69) is 17.6 Å². The Bertz CT molecular complexity index is 463. The zero-order chi connectivity index (χ0) is 20.0. The molecule has 0 aromatic heterocycles. The highest BCUT2D eigenvalue weighted by molar-refractivity contribution is 14.0. The van der Waals surface area contributed by atoms with Gasteiger partial charge in [0.2, 0.25) is 0 Å². The second kappa shape index (κ2) is 16.0. The number of hydrogen-bond donors (Lipinski definition) is 2. The highest BCUT2D eigenvalue weighted by atomic mass is 127.